The Bertz CT molecular complexity index is 713. The van der Waals surface area contributed by atoms with Crippen molar-refractivity contribution in [2.75, 3.05) is 0 Å². The summed E-state index contributed by atoms with van der Waals surface area (Å²) in [6, 6.07) is 0. The van der Waals surface area contributed by atoms with Crippen LogP contribution < -0.4 is 0 Å². The summed E-state index contributed by atoms with van der Waals surface area (Å²) in [7, 11) is 0. The number of rotatable bonds is 30. The van der Waals surface area contributed by atoms with E-state index in [-0.39, 0.29) is 5.79 Å². The fraction of sp³-hybridized carbons (Fsp3) is 0.814. The van der Waals surface area contributed by atoms with E-state index in [0.717, 1.165) is 31.6 Å². The minimum Gasteiger partial charge on any atom is -0.344 e. The highest BCUT2D eigenvalue weighted by Gasteiger charge is 2.50. The Kier molecular flexibility index (Phi) is 24.9. The summed E-state index contributed by atoms with van der Waals surface area (Å²) < 4.78 is 13.5. The van der Waals surface area contributed by atoms with Crippen LogP contribution in [0, 0.1) is 5.92 Å². The van der Waals surface area contributed by atoms with Crippen LogP contribution >= 0.6 is 0 Å². The van der Waals surface area contributed by atoms with Gasteiger partial charge >= 0.3 is 0 Å². The third-order valence-electron chi connectivity index (χ3n) is 9.93. The van der Waals surface area contributed by atoms with Gasteiger partial charge in [-0.15, -0.1) is 0 Å². The fourth-order valence-corrected chi connectivity index (χ4v) is 7.15. The van der Waals surface area contributed by atoms with Gasteiger partial charge in [0.05, 0.1) is 12.2 Å². The predicted molar refractivity (Wildman–Crippen MR) is 199 cm³/mol. The van der Waals surface area contributed by atoms with Crippen molar-refractivity contribution in [2.45, 2.75) is 219 Å². The van der Waals surface area contributed by atoms with Gasteiger partial charge in [-0.25, -0.2) is 0 Å². The third-order valence-corrected chi connectivity index (χ3v) is 9.93. The molecule has 0 unspecified atom stereocenters. The summed E-state index contributed by atoms with van der Waals surface area (Å²) >= 11 is 0. The minimum atomic E-state index is -0.278. The molecule has 1 aliphatic carbocycles. The Morgan fingerprint density at radius 1 is 0.444 bits per heavy atom. The van der Waals surface area contributed by atoms with Gasteiger partial charge in [0.15, 0.2) is 5.79 Å². The summed E-state index contributed by atoms with van der Waals surface area (Å²) in [5, 5.41) is 0. The van der Waals surface area contributed by atoms with Gasteiger partial charge in [-0.1, -0.05) is 146 Å². The second-order valence-electron chi connectivity index (χ2n) is 14.5. The lowest BCUT2D eigenvalue weighted by molar-refractivity contribution is -0.192. The number of allylic oxidation sites excluding steroid dienone is 8. The largest absolute Gasteiger partial charge is 0.344 e. The average molecular weight is 625 g/mol. The van der Waals surface area contributed by atoms with Crippen LogP contribution in [0.4, 0.5) is 0 Å². The molecule has 1 heterocycles. The van der Waals surface area contributed by atoms with Gasteiger partial charge in [0, 0.05) is 12.8 Å². The molecular weight excluding hydrogens is 548 g/mol. The fourth-order valence-electron chi connectivity index (χ4n) is 7.15. The SMILES string of the molecule is CCCCC/C=C\C/C=C\CCCCCCCCC1(CCCCCCCC/C=C\C/C=C\CCCCC)O[C@H]2CC(C)C[C@@H]2O1. The van der Waals surface area contributed by atoms with Gasteiger partial charge in [0.25, 0.3) is 0 Å². The summed E-state index contributed by atoms with van der Waals surface area (Å²) in [6.45, 7) is 6.90. The quantitative estimate of drug-likeness (QED) is 0.0584. The first-order chi connectivity index (χ1) is 22.2. The maximum absolute atomic E-state index is 6.74. The lowest BCUT2D eigenvalue weighted by Crippen LogP contribution is -2.32. The lowest BCUT2D eigenvalue weighted by Gasteiger charge is -2.30. The van der Waals surface area contributed by atoms with E-state index in [1.165, 1.54) is 154 Å². The Balaban J connectivity index is 1.50. The number of unbranched alkanes of at least 4 members (excludes halogenated alkanes) is 18. The summed E-state index contributed by atoms with van der Waals surface area (Å²) in [5.41, 5.74) is 0. The minimum absolute atomic E-state index is 0.278. The Hall–Kier alpha value is -1.12. The van der Waals surface area contributed by atoms with E-state index in [9.17, 15) is 0 Å². The van der Waals surface area contributed by atoms with E-state index in [1.54, 1.807) is 0 Å². The van der Waals surface area contributed by atoms with Gasteiger partial charge in [0.1, 0.15) is 0 Å². The number of ether oxygens (including phenoxy) is 2. The average Bonchev–Trinajstić information content (AvgIpc) is 3.54. The molecule has 0 spiro atoms. The van der Waals surface area contributed by atoms with Crippen molar-refractivity contribution in [3.8, 4) is 0 Å². The van der Waals surface area contributed by atoms with Crippen molar-refractivity contribution in [1.82, 2.24) is 0 Å². The van der Waals surface area contributed by atoms with Crippen LogP contribution in [0.5, 0.6) is 0 Å². The summed E-state index contributed by atoms with van der Waals surface area (Å²) in [5.74, 6) is 0.474. The van der Waals surface area contributed by atoms with Crippen LogP contribution in [0.2, 0.25) is 0 Å². The van der Waals surface area contributed by atoms with Gasteiger partial charge in [-0.3, -0.25) is 0 Å². The molecule has 1 saturated heterocycles. The molecule has 0 aromatic heterocycles. The molecule has 0 aromatic carbocycles. The van der Waals surface area contributed by atoms with Crippen molar-refractivity contribution in [3.63, 3.8) is 0 Å². The Morgan fingerprint density at radius 3 is 1.16 bits per heavy atom. The molecule has 0 N–H and O–H groups in total. The molecule has 2 nitrogen and oxygen atoms in total. The monoisotopic (exact) mass is 625 g/mol. The van der Waals surface area contributed by atoms with E-state index >= 15 is 0 Å². The highest BCUT2D eigenvalue weighted by Crippen LogP contribution is 2.45. The molecule has 0 radical (unpaired) electrons. The van der Waals surface area contributed by atoms with Crippen LogP contribution in [0.1, 0.15) is 201 Å². The second-order valence-corrected chi connectivity index (χ2v) is 14.5. The van der Waals surface area contributed by atoms with Crippen LogP contribution in [-0.2, 0) is 9.47 Å². The topological polar surface area (TPSA) is 18.5 Å². The van der Waals surface area contributed by atoms with Gasteiger partial charge < -0.3 is 9.47 Å². The van der Waals surface area contributed by atoms with Crippen molar-refractivity contribution in [1.29, 1.82) is 0 Å². The molecule has 260 valence electrons. The van der Waals surface area contributed by atoms with Crippen LogP contribution in [0.25, 0.3) is 0 Å². The molecule has 45 heavy (non-hydrogen) atoms. The second kappa shape index (κ2) is 27.9. The molecule has 1 aliphatic heterocycles. The highest BCUT2D eigenvalue weighted by atomic mass is 16.8. The summed E-state index contributed by atoms with van der Waals surface area (Å²) in [4.78, 5) is 0. The van der Waals surface area contributed by atoms with Gasteiger partial charge in [-0.2, -0.15) is 0 Å². The molecule has 1 saturated carbocycles. The number of fused-ring (bicyclic) bond motifs is 1. The van der Waals surface area contributed by atoms with E-state index in [0.29, 0.717) is 12.2 Å². The predicted octanol–water partition coefficient (Wildman–Crippen LogP) is 14.3. The smallest absolute Gasteiger partial charge is 0.169 e. The van der Waals surface area contributed by atoms with Crippen molar-refractivity contribution in [3.05, 3.63) is 48.6 Å². The van der Waals surface area contributed by atoms with E-state index in [4.69, 9.17) is 9.47 Å². The van der Waals surface area contributed by atoms with Crippen molar-refractivity contribution < 1.29 is 9.47 Å². The molecular formula is C43H76O2. The Morgan fingerprint density at radius 2 is 0.778 bits per heavy atom. The maximum atomic E-state index is 6.74. The molecule has 2 aliphatic rings. The van der Waals surface area contributed by atoms with E-state index in [1.807, 2.05) is 0 Å². The van der Waals surface area contributed by atoms with Crippen molar-refractivity contribution in [2.24, 2.45) is 5.92 Å². The zero-order valence-corrected chi connectivity index (χ0v) is 30.5. The zero-order valence-electron chi connectivity index (χ0n) is 30.5. The number of hydrogen-bond donors (Lipinski definition) is 0. The standard InChI is InChI=1S/C43H76O2/c1-4-6-8-10-12-14-16-18-20-22-24-26-28-30-32-34-36-43(44-41-38-40(3)39-42(41)45-43)37-35-33-31-29-27-25-23-21-19-17-15-13-11-9-7-5-2/h12-15,18-21,40-42H,4-11,16-17,22-39H2,1-3H3/b14-12-,15-13-,20-18-,21-19-/t41-,42-/m0/s1. The van der Waals surface area contributed by atoms with E-state index in [2.05, 4.69) is 69.4 Å². The van der Waals surface area contributed by atoms with Crippen LogP contribution in [0.3, 0.4) is 0 Å². The van der Waals surface area contributed by atoms with Gasteiger partial charge in [-0.05, 0) is 95.8 Å². The highest BCUT2D eigenvalue weighted by molar-refractivity contribution is 4.94. The van der Waals surface area contributed by atoms with Gasteiger partial charge in [0.2, 0.25) is 0 Å². The normalized spacial score (nSPS) is 20.2. The van der Waals surface area contributed by atoms with E-state index < -0.39 is 0 Å². The lowest BCUT2D eigenvalue weighted by atomic mass is 9.98. The molecule has 0 bridgehead atoms. The number of hydrogen-bond acceptors (Lipinski definition) is 2. The first-order valence-electron chi connectivity index (χ1n) is 20.1. The zero-order chi connectivity index (χ0) is 32.1. The molecule has 2 rings (SSSR count). The van der Waals surface area contributed by atoms with Crippen LogP contribution in [-0.4, -0.2) is 18.0 Å². The first kappa shape index (κ1) is 40.1. The Labute approximate surface area is 282 Å². The third kappa shape index (κ3) is 20.7. The van der Waals surface area contributed by atoms with Crippen LogP contribution in [0.15, 0.2) is 48.6 Å². The molecule has 2 atom stereocenters. The molecule has 2 fully saturated rings. The molecule has 2 heteroatoms. The molecule has 0 aromatic rings. The molecule has 0 amide bonds. The summed E-state index contributed by atoms with van der Waals surface area (Å²) in [6.07, 6.45) is 55.4. The first-order valence-corrected chi connectivity index (χ1v) is 20.1. The maximum Gasteiger partial charge on any atom is 0.169 e. The van der Waals surface area contributed by atoms with Crippen molar-refractivity contribution >= 4 is 0 Å².